The van der Waals surface area contributed by atoms with Crippen molar-refractivity contribution in [2.75, 3.05) is 0 Å². The maximum absolute atomic E-state index is 15.1. The Kier molecular flexibility index (Phi) is 4.13. The van der Waals surface area contributed by atoms with Crippen LogP contribution in [0.2, 0.25) is 0 Å². The average Bonchev–Trinajstić information content (AvgIpc) is 2.87. The van der Waals surface area contributed by atoms with Gasteiger partial charge in [0.1, 0.15) is 5.82 Å². The molecule has 0 nitrogen and oxygen atoms in total. The molecule has 0 bridgehead atoms. The second-order valence-electron chi connectivity index (χ2n) is 7.56. The second-order valence-corrected chi connectivity index (χ2v) is 7.56. The van der Waals surface area contributed by atoms with Crippen molar-refractivity contribution in [3.8, 4) is 0 Å². The van der Waals surface area contributed by atoms with E-state index in [1.54, 1.807) is 36.4 Å². The smallest absolute Gasteiger partial charge is 0.206 e. The van der Waals surface area contributed by atoms with E-state index in [0.29, 0.717) is 16.9 Å². The highest BCUT2D eigenvalue weighted by Gasteiger charge is 2.48. The average molecular weight is 344 g/mol. The molecule has 4 rings (SSSR count). The van der Waals surface area contributed by atoms with Gasteiger partial charge in [-0.1, -0.05) is 44.0 Å². The van der Waals surface area contributed by atoms with Crippen LogP contribution in [0.3, 0.4) is 0 Å². The largest absolute Gasteiger partial charge is 0.298 e. The van der Waals surface area contributed by atoms with E-state index in [9.17, 15) is 4.39 Å². The number of alkyl halides is 2. The number of rotatable bonds is 3. The third-order valence-corrected chi connectivity index (χ3v) is 5.99. The molecule has 0 atom stereocenters. The van der Waals surface area contributed by atoms with E-state index in [0.717, 1.165) is 32.1 Å². The van der Waals surface area contributed by atoms with Crippen molar-refractivity contribution in [2.45, 2.75) is 51.4 Å². The zero-order valence-corrected chi connectivity index (χ0v) is 14.5. The van der Waals surface area contributed by atoms with Crippen LogP contribution in [0, 0.1) is 17.7 Å². The van der Waals surface area contributed by atoms with Crippen LogP contribution in [0.1, 0.15) is 56.6 Å². The molecule has 2 aromatic rings. The number of halogens is 3. The molecule has 0 spiro atoms. The van der Waals surface area contributed by atoms with Crippen LogP contribution in [-0.2, 0) is 5.92 Å². The lowest BCUT2D eigenvalue weighted by molar-refractivity contribution is 0.0232. The zero-order chi connectivity index (χ0) is 17.6. The SMILES string of the molecule is CCCC1CCC(C2=Cc3cc4ccccc4c(F)c3C2(F)F)CC1. The van der Waals surface area contributed by atoms with Crippen molar-refractivity contribution in [1.82, 2.24) is 0 Å². The Bertz CT molecular complexity index is 827. The van der Waals surface area contributed by atoms with Crippen LogP contribution < -0.4 is 0 Å². The van der Waals surface area contributed by atoms with Crippen LogP contribution >= 0.6 is 0 Å². The van der Waals surface area contributed by atoms with Gasteiger partial charge in [0.25, 0.3) is 5.92 Å². The summed E-state index contributed by atoms with van der Waals surface area (Å²) in [5, 5.41) is 0.959. The number of hydrogen-bond acceptors (Lipinski definition) is 0. The van der Waals surface area contributed by atoms with Gasteiger partial charge in [-0.2, -0.15) is 8.78 Å². The zero-order valence-electron chi connectivity index (χ0n) is 14.5. The van der Waals surface area contributed by atoms with Gasteiger partial charge in [0.2, 0.25) is 0 Å². The van der Waals surface area contributed by atoms with E-state index < -0.39 is 17.3 Å². The number of allylic oxidation sites excluding steroid dienone is 1. The van der Waals surface area contributed by atoms with Crippen molar-refractivity contribution in [1.29, 1.82) is 0 Å². The molecule has 2 aromatic carbocycles. The van der Waals surface area contributed by atoms with Gasteiger partial charge in [0.15, 0.2) is 0 Å². The van der Waals surface area contributed by atoms with Crippen molar-refractivity contribution in [3.05, 3.63) is 52.8 Å². The van der Waals surface area contributed by atoms with Gasteiger partial charge in [-0.25, -0.2) is 4.39 Å². The van der Waals surface area contributed by atoms with Crippen LogP contribution in [0.4, 0.5) is 13.2 Å². The maximum Gasteiger partial charge on any atom is 0.298 e. The highest BCUT2D eigenvalue weighted by Crippen LogP contribution is 2.53. The summed E-state index contributed by atoms with van der Waals surface area (Å²) in [6, 6.07) is 8.56. The summed E-state index contributed by atoms with van der Waals surface area (Å²) >= 11 is 0. The number of fused-ring (bicyclic) bond motifs is 2. The van der Waals surface area contributed by atoms with E-state index in [2.05, 4.69) is 6.92 Å². The molecular weight excluding hydrogens is 321 g/mol. The fourth-order valence-electron chi connectivity index (χ4n) is 4.70. The number of benzene rings is 2. The second kappa shape index (κ2) is 6.19. The minimum atomic E-state index is -3.19. The lowest BCUT2D eigenvalue weighted by Gasteiger charge is -2.31. The van der Waals surface area contributed by atoms with Crippen LogP contribution in [0.25, 0.3) is 16.8 Å². The lowest BCUT2D eigenvalue weighted by Crippen LogP contribution is -2.24. The molecule has 0 radical (unpaired) electrons. The predicted octanol–water partition coefficient (Wildman–Crippen LogP) is 7.07. The Morgan fingerprint density at radius 1 is 1.08 bits per heavy atom. The van der Waals surface area contributed by atoms with Crippen LogP contribution in [0.15, 0.2) is 35.9 Å². The molecule has 1 saturated carbocycles. The summed E-state index contributed by atoms with van der Waals surface area (Å²) in [6.45, 7) is 2.17. The summed E-state index contributed by atoms with van der Waals surface area (Å²) in [5.41, 5.74) is 0.0652. The van der Waals surface area contributed by atoms with Crippen molar-refractivity contribution in [2.24, 2.45) is 11.8 Å². The van der Waals surface area contributed by atoms with Gasteiger partial charge in [0.05, 0.1) is 5.56 Å². The topological polar surface area (TPSA) is 0 Å². The Balaban J connectivity index is 1.69. The normalized spacial score (nSPS) is 25.0. The van der Waals surface area contributed by atoms with E-state index in [-0.39, 0.29) is 16.9 Å². The van der Waals surface area contributed by atoms with Crippen LogP contribution in [0.5, 0.6) is 0 Å². The Labute approximate surface area is 146 Å². The lowest BCUT2D eigenvalue weighted by atomic mass is 9.76. The molecule has 0 saturated heterocycles. The molecule has 0 aromatic heterocycles. The van der Waals surface area contributed by atoms with E-state index in [4.69, 9.17) is 0 Å². The fourth-order valence-corrected chi connectivity index (χ4v) is 4.70. The summed E-state index contributed by atoms with van der Waals surface area (Å²) < 4.78 is 45.1. The first kappa shape index (κ1) is 16.7. The minimum Gasteiger partial charge on any atom is -0.206 e. The minimum absolute atomic E-state index is 0.127. The molecule has 25 heavy (non-hydrogen) atoms. The van der Waals surface area contributed by atoms with Gasteiger partial charge in [0, 0.05) is 11.0 Å². The first-order valence-electron chi connectivity index (χ1n) is 9.34. The fraction of sp³-hybridized carbons (Fsp3) is 0.455. The standard InChI is InChI=1S/C22H23F3/c1-2-5-14-8-10-15(11-9-14)19-13-17-12-16-6-3-4-7-18(16)21(23)20(17)22(19,24)25/h3-4,6-7,12-15H,2,5,8-11H2,1H3. The quantitative estimate of drug-likeness (QED) is 0.558. The molecular formula is C22H23F3. The van der Waals surface area contributed by atoms with Crippen LogP contribution in [-0.4, -0.2) is 0 Å². The van der Waals surface area contributed by atoms with Gasteiger partial charge >= 0.3 is 0 Å². The summed E-state index contributed by atoms with van der Waals surface area (Å²) in [5.74, 6) is -3.41. The molecule has 0 aliphatic heterocycles. The van der Waals surface area contributed by atoms with Gasteiger partial charge < -0.3 is 0 Å². The summed E-state index contributed by atoms with van der Waals surface area (Å²) in [4.78, 5) is 0. The van der Waals surface area contributed by atoms with Crippen molar-refractivity contribution in [3.63, 3.8) is 0 Å². The van der Waals surface area contributed by atoms with Gasteiger partial charge in [-0.3, -0.25) is 0 Å². The third kappa shape index (κ3) is 2.68. The first-order valence-corrected chi connectivity index (χ1v) is 9.34. The van der Waals surface area contributed by atoms with Gasteiger partial charge in [-0.05, 0) is 60.6 Å². The number of hydrogen-bond donors (Lipinski definition) is 0. The Morgan fingerprint density at radius 3 is 2.52 bits per heavy atom. The molecule has 2 aliphatic rings. The third-order valence-electron chi connectivity index (χ3n) is 5.99. The molecule has 0 heterocycles. The predicted molar refractivity (Wildman–Crippen MR) is 96.1 cm³/mol. The molecule has 0 unspecified atom stereocenters. The molecule has 132 valence electrons. The molecule has 0 N–H and O–H groups in total. The highest BCUT2D eigenvalue weighted by atomic mass is 19.3. The monoisotopic (exact) mass is 344 g/mol. The summed E-state index contributed by atoms with van der Waals surface area (Å²) in [6.07, 6.45) is 7.50. The van der Waals surface area contributed by atoms with E-state index >= 15 is 8.78 Å². The molecule has 1 fully saturated rings. The van der Waals surface area contributed by atoms with Crippen molar-refractivity contribution >= 4 is 16.8 Å². The Hall–Kier alpha value is -1.77. The molecule has 3 heteroatoms. The van der Waals surface area contributed by atoms with E-state index in [1.807, 2.05) is 0 Å². The highest BCUT2D eigenvalue weighted by molar-refractivity contribution is 5.89. The molecule has 0 amide bonds. The maximum atomic E-state index is 15.1. The van der Waals surface area contributed by atoms with Gasteiger partial charge in [-0.15, -0.1) is 0 Å². The Morgan fingerprint density at radius 2 is 1.80 bits per heavy atom. The van der Waals surface area contributed by atoms with E-state index in [1.165, 1.54) is 6.42 Å². The van der Waals surface area contributed by atoms with Crippen molar-refractivity contribution < 1.29 is 13.2 Å². The summed E-state index contributed by atoms with van der Waals surface area (Å²) in [7, 11) is 0. The first-order chi connectivity index (χ1) is 12.0. The molecule has 2 aliphatic carbocycles.